The number of hydrogen-bond acceptors (Lipinski definition) is 7. The molecule has 5 rings (SSSR count). The molecule has 3 fully saturated rings. The Bertz CT molecular complexity index is 1190. The van der Waals surface area contributed by atoms with E-state index in [1.165, 1.54) is 0 Å². The summed E-state index contributed by atoms with van der Waals surface area (Å²) in [6, 6.07) is 4.69. The molecule has 0 radical (unpaired) electrons. The highest BCUT2D eigenvalue weighted by molar-refractivity contribution is 5.98. The standard InChI is InChI=1S/C31H41N3O7/c1-19(32-28(37)22-14-31(15-22)17-40-18-31)27(36)34-25(13-21-8-10-23(39-3)11-9-21)29(38)33-24(12-20-6-4-5-7-20)26(35)30(2)16-41-30/h6,8-11,19,22,24-25H,4-5,7,12-18H2,1-3H3,(H,32,37)(H,33,38)(H,34,36). The van der Waals surface area contributed by atoms with Crippen LogP contribution in [0.5, 0.6) is 5.75 Å². The van der Waals surface area contributed by atoms with Crippen LogP contribution in [-0.4, -0.2) is 74.2 Å². The van der Waals surface area contributed by atoms with Gasteiger partial charge in [0.25, 0.3) is 0 Å². The molecular weight excluding hydrogens is 526 g/mol. The van der Waals surface area contributed by atoms with E-state index in [4.69, 9.17) is 14.2 Å². The van der Waals surface area contributed by atoms with Gasteiger partial charge in [0.1, 0.15) is 23.4 Å². The SMILES string of the molecule is COc1ccc(CC(NC(=O)C(C)NC(=O)C2CC3(COC3)C2)C(=O)NC(CC2=CCCC2)C(=O)C2(C)CO2)cc1. The van der Waals surface area contributed by atoms with E-state index in [1.807, 2.05) is 12.1 Å². The maximum absolute atomic E-state index is 13.7. The number of epoxide rings is 1. The quantitative estimate of drug-likeness (QED) is 0.245. The summed E-state index contributed by atoms with van der Waals surface area (Å²) in [6.07, 6.45) is 7.19. The summed E-state index contributed by atoms with van der Waals surface area (Å²) < 4.78 is 15.9. The Morgan fingerprint density at radius 1 is 0.976 bits per heavy atom. The van der Waals surface area contributed by atoms with Crippen molar-refractivity contribution >= 4 is 23.5 Å². The van der Waals surface area contributed by atoms with Crippen LogP contribution in [0.3, 0.4) is 0 Å². The van der Waals surface area contributed by atoms with Crippen molar-refractivity contribution in [2.75, 3.05) is 26.9 Å². The molecule has 4 atom stereocenters. The maximum Gasteiger partial charge on any atom is 0.243 e. The van der Waals surface area contributed by atoms with Gasteiger partial charge in [0.05, 0.1) is 33.0 Å². The lowest BCUT2D eigenvalue weighted by Gasteiger charge is -2.52. The minimum atomic E-state index is -0.963. The fourth-order valence-electron chi connectivity index (χ4n) is 5.98. The first kappa shape index (κ1) is 29.3. The van der Waals surface area contributed by atoms with Crippen molar-refractivity contribution in [3.05, 3.63) is 41.5 Å². The molecule has 10 heteroatoms. The van der Waals surface area contributed by atoms with Gasteiger partial charge in [-0.25, -0.2) is 0 Å². The van der Waals surface area contributed by atoms with Crippen LogP contribution >= 0.6 is 0 Å². The monoisotopic (exact) mass is 567 g/mol. The minimum Gasteiger partial charge on any atom is -0.497 e. The Hall–Kier alpha value is -3.24. The zero-order chi connectivity index (χ0) is 29.2. The molecule has 1 aromatic rings. The second kappa shape index (κ2) is 11.9. The van der Waals surface area contributed by atoms with Crippen molar-refractivity contribution < 1.29 is 33.4 Å². The highest BCUT2D eigenvalue weighted by Gasteiger charge is 2.52. The van der Waals surface area contributed by atoms with Gasteiger partial charge in [-0.2, -0.15) is 0 Å². The Kier molecular flexibility index (Phi) is 8.52. The number of carbonyl (C=O) groups is 4. The van der Waals surface area contributed by atoms with Crippen LogP contribution in [0.1, 0.15) is 57.9 Å². The fraction of sp³-hybridized carbons (Fsp3) is 0.613. The second-order valence-electron chi connectivity index (χ2n) is 12.3. The van der Waals surface area contributed by atoms with E-state index in [2.05, 4.69) is 22.0 Å². The molecule has 2 saturated heterocycles. The van der Waals surface area contributed by atoms with Crippen molar-refractivity contribution in [3.63, 3.8) is 0 Å². The van der Waals surface area contributed by atoms with Crippen molar-refractivity contribution in [2.45, 2.75) is 82.5 Å². The zero-order valence-corrected chi connectivity index (χ0v) is 24.1. The van der Waals surface area contributed by atoms with Gasteiger partial charge in [-0.15, -0.1) is 0 Å². The summed E-state index contributed by atoms with van der Waals surface area (Å²) >= 11 is 0. The third-order valence-corrected chi connectivity index (χ3v) is 8.86. The maximum atomic E-state index is 13.7. The van der Waals surface area contributed by atoms with Crippen LogP contribution in [0.25, 0.3) is 0 Å². The average Bonchev–Trinajstić information content (AvgIpc) is 3.44. The van der Waals surface area contributed by atoms with E-state index >= 15 is 0 Å². The first-order valence-electron chi connectivity index (χ1n) is 14.6. The molecule has 10 nitrogen and oxygen atoms in total. The van der Waals surface area contributed by atoms with Crippen LogP contribution in [0.2, 0.25) is 0 Å². The summed E-state index contributed by atoms with van der Waals surface area (Å²) in [7, 11) is 1.57. The topological polar surface area (TPSA) is 135 Å². The molecule has 1 saturated carbocycles. The second-order valence-corrected chi connectivity index (χ2v) is 12.3. The Balaban J connectivity index is 1.26. The van der Waals surface area contributed by atoms with Gasteiger partial charge in [0.15, 0.2) is 5.78 Å². The van der Waals surface area contributed by atoms with E-state index < -0.39 is 35.5 Å². The lowest BCUT2D eigenvalue weighted by Crippen LogP contribution is -2.59. The zero-order valence-electron chi connectivity index (χ0n) is 24.1. The van der Waals surface area contributed by atoms with Gasteiger partial charge in [0, 0.05) is 17.8 Å². The smallest absolute Gasteiger partial charge is 0.243 e. The van der Waals surface area contributed by atoms with Crippen LogP contribution in [0.15, 0.2) is 35.9 Å². The molecule has 0 bridgehead atoms. The third kappa shape index (κ3) is 6.81. The van der Waals surface area contributed by atoms with E-state index in [0.717, 1.165) is 43.2 Å². The number of benzene rings is 1. The average molecular weight is 568 g/mol. The van der Waals surface area contributed by atoms with E-state index in [1.54, 1.807) is 33.1 Å². The molecule has 2 aliphatic carbocycles. The number of ketones is 1. The molecule has 41 heavy (non-hydrogen) atoms. The molecule has 2 aliphatic heterocycles. The van der Waals surface area contributed by atoms with Gasteiger partial charge in [-0.05, 0) is 70.1 Å². The summed E-state index contributed by atoms with van der Waals surface area (Å²) in [5, 5.41) is 8.57. The number of allylic oxidation sites excluding steroid dienone is 1. The predicted molar refractivity (Wildman–Crippen MR) is 150 cm³/mol. The minimum absolute atomic E-state index is 0.129. The number of ether oxygens (including phenoxy) is 3. The van der Waals surface area contributed by atoms with Gasteiger partial charge in [-0.3, -0.25) is 19.2 Å². The number of Topliss-reactive ketones (excluding diaryl/α,β-unsaturated/α-hetero) is 1. The molecule has 2 heterocycles. The first-order chi connectivity index (χ1) is 19.6. The van der Waals surface area contributed by atoms with Gasteiger partial charge in [-0.1, -0.05) is 23.8 Å². The molecule has 3 amide bonds. The number of amides is 3. The molecule has 4 unspecified atom stereocenters. The number of rotatable bonds is 13. The van der Waals surface area contributed by atoms with Crippen LogP contribution in [0.4, 0.5) is 0 Å². The Morgan fingerprint density at radius 2 is 1.66 bits per heavy atom. The lowest BCUT2D eigenvalue weighted by atomic mass is 9.60. The predicted octanol–water partition coefficient (Wildman–Crippen LogP) is 2.00. The third-order valence-electron chi connectivity index (χ3n) is 8.86. The summed E-state index contributed by atoms with van der Waals surface area (Å²) in [6.45, 7) is 5.07. The number of nitrogens with one attached hydrogen (secondary N) is 3. The lowest BCUT2D eigenvalue weighted by molar-refractivity contribution is -0.184. The molecule has 1 spiro atoms. The molecule has 0 aromatic heterocycles. The molecule has 222 valence electrons. The highest BCUT2D eigenvalue weighted by Crippen LogP contribution is 2.50. The number of methoxy groups -OCH3 is 1. The fourth-order valence-corrected chi connectivity index (χ4v) is 5.98. The van der Waals surface area contributed by atoms with E-state index in [9.17, 15) is 19.2 Å². The van der Waals surface area contributed by atoms with Crippen LogP contribution in [-0.2, 0) is 35.1 Å². The Labute approximate surface area is 240 Å². The Morgan fingerprint density at radius 3 is 2.22 bits per heavy atom. The highest BCUT2D eigenvalue weighted by atomic mass is 16.6. The summed E-state index contributed by atoms with van der Waals surface area (Å²) in [5.41, 5.74) is 1.20. The normalized spacial score (nSPS) is 24.6. The largest absolute Gasteiger partial charge is 0.497 e. The molecule has 4 aliphatic rings. The van der Waals surface area contributed by atoms with Crippen molar-refractivity contribution in [1.82, 2.24) is 16.0 Å². The van der Waals surface area contributed by atoms with Crippen LogP contribution < -0.4 is 20.7 Å². The number of carbonyl (C=O) groups excluding carboxylic acids is 4. The van der Waals surface area contributed by atoms with Gasteiger partial charge < -0.3 is 30.2 Å². The van der Waals surface area contributed by atoms with Crippen molar-refractivity contribution in [3.8, 4) is 5.75 Å². The summed E-state index contributed by atoms with van der Waals surface area (Å²) in [4.78, 5) is 53.0. The van der Waals surface area contributed by atoms with Crippen molar-refractivity contribution in [1.29, 1.82) is 0 Å². The van der Waals surface area contributed by atoms with E-state index in [0.29, 0.717) is 32.0 Å². The molecule has 1 aromatic carbocycles. The summed E-state index contributed by atoms with van der Waals surface area (Å²) in [5.74, 6) is -0.699. The number of hydrogen-bond donors (Lipinski definition) is 3. The van der Waals surface area contributed by atoms with Gasteiger partial charge >= 0.3 is 0 Å². The molecule has 3 N–H and O–H groups in total. The van der Waals surface area contributed by atoms with Gasteiger partial charge in [0.2, 0.25) is 17.7 Å². The van der Waals surface area contributed by atoms with Crippen molar-refractivity contribution in [2.24, 2.45) is 11.3 Å². The molecular formula is C31H41N3O7. The van der Waals surface area contributed by atoms with E-state index in [-0.39, 0.29) is 29.4 Å². The first-order valence-corrected chi connectivity index (χ1v) is 14.6. The van der Waals surface area contributed by atoms with Crippen LogP contribution in [0, 0.1) is 11.3 Å².